The molecule has 1 aliphatic heterocycles. The molecular formula is C21H37ClFN5O. The van der Waals surface area contributed by atoms with E-state index >= 15 is 0 Å². The van der Waals surface area contributed by atoms with Gasteiger partial charge in [0.2, 0.25) is 5.91 Å². The van der Waals surface area contributed by atoms with Crippen LogP contribution >= 0.6 is 11.6 Å². The molecule has 29 heavy (non-hydrogen) atoms. The molecule has 1 heterocycles. The van der Waals surface area contributed by atoms with Crippen molar-refractivity contribution in [3.63, 3.8) is 0 Å². The van der Waals surface area contributed by atoms with Gasteiger partial charge in [0.05, 0.1) is 0 Å². The number of carbonyl (C=O) groups excluding carboxylic acids is 1. The van der Waals surface area contributed by atoms with Gasteiger partial charge in [0.15, 0.2) is 5.96 Å². The van der Waals surface area contributed by atoms with Gasteiger partial charge in [0.1, 0.15) is 12.3 Å². The second kappa shape index (κ2) is 9.92. The van der Waals surface area contributed by atoms with Crippen LogP contribution in [0, 0.1) is 11.8 Å². The third kappa shape index (κ3) is 7.07. The molecule has 3 rings (SSSR count). The molecule has 6 atom stereocenters. The zero-order valence-corrected chi connectivity index (χ0v) is 18.7. The lowest BCUT2D eigenvalue weighted by atomic mass is 9.83. The van der Waals surface area contributed by atoms with E-state index in [0.717, 1.165) is 32.1 Å². The van der Waals surface area contributed by atoms with Gasteiger partial charge >= 0.3 is 0 Å². The van der Waals surface area contributed by atoms with Crippen LogP contribution in [-0.2, 0) is 4.79 Å². The Hall–Kier alpha value is -0.920. The van der Waals surface area contributed by atoms with Crippen LogP contribution in [0.4, 0.5) is 4.39 Å². The topological polar surface area (TPSA) is 77.6 Å². The Balaban J connectivity index is 1.61. The van der Waals surface area contributed by atoms with Crippen LogP contribution in [0.1, 0.15) is 78.6 Å². The van der Waals surface area contributed by atoms with Gasteiger partial charge in [0.25, 0.3) is 0 Å². The van der Waals surface area contributed by atoms with Crippen molar-refractivity contribution in [2.24, 2.45) is 16.8 Å². The van der Waals surface area contributed by atoms with Crippen molar-refractivity contribution in [3.8, 4) is 0 Å². The van der Waals surface area contributed by atoms with Crippen molar-refractivity contribution < 1.29 is 9.18 Å². The molecule has 1 amide bonds. The summed E-state index contributed by atoms with van der Waals surface area (Å²) in [6, 6.07) is 0.336. The van der Waals surface area contributed by atoms with Crippen LogP contribution in [0.2, 0.25) is 0 Å². The van der Waals surface area contributed by atoms with Crippen LogP contribution in [0.5, 0.6) is 0 Å². The van der Waals surface area contributed by atoms with Crippen LogP contribution in [0.25, 0.3) is 0 Å². The standard InChI is InChI=1S/C21H37ClFN5O/c1-21(2,3)26-20(25-19(29)14-7-5-9-16(23)11-14)24-18-12-17(27-28-18)13-6-4-8-15(22)10-13/h13-18,27-28H,4-12H2,1-3H3,(H2,24,25,26,29). The number of carbonyl (C=O) groups is 1. The summed E-state index contributed by atoms with van der Waals surface area (Å²) in [6.07, 6.45) is 6.73. The number of alkyl halides is 2. The molecule has 0 aromatic carbocycles. The van der Waals surface area contributed by atoms with Crippen molar-refractivity contribution in [1.82, 2.24) is 21.5 Å². The summed E-state index contributed by atoms with van der Waals surface area (Å²) in [7, 11) is 0. The van der Waals surface area contributed by atoms with Crippen LogP contribution in [-0.4, -0.2) is 41.2 Å². The number of hydrazine groups is 1. The van der Waals surface area contributed by atoms with Crippen LogP contribution in [0.3, 0.4) is 0 Å². The number of hydrogen-bond acceptors (Lipinski definition) is 4. The largest absolute Gasteiger partial charge is 0.351 e. The molecule has 0 bridgehead atoms. The van der Waals surface area contributed by atoms with Gasteiger partial charge in [-0.3, -0.25) is 15.5 Å². The quantitative estimate of drug-likeness (QED) is 0.315. The highest BCUT2D eigenvalue weighted by Gasteiger charge is 2.34. The summed E-state index contributed by atoms with van der Waals surface area (Å²) in [6.45, 7) is 6.08. The van der Waals surface area contributed by atoms with Gasteiger partial charge in [0, 0.05) is 29.3 Å². The minimum Gasteiger partial charge on any atom is -0.351 e. The Morgan fingerprint density at radius 2 is 1.83 bits per heavy atom. The van der Waals surface area contributed by atoms with Crippen molar-refractivity contribution in [2.75, 3.05) is 0 Å². The third-order valence-corrected chi connectivity index (χ3v) is 6.53. The second-order valence-corrected chi connectivity index (χ2v) is 10.6. The lowest BCUT2D eigenvalue weighted by Gasteiger charge is -2.29. The highest BCUT2D eigenvalue weighted by molar-refractivity contribution is 6.20. The molecule has 8 heteroatoms. The molecule has 0 aromatic heterocycles. The minimum absolute atomic E-state index is 0.124. The van der Waals surface area contributed by atoms with E-state index in [1.54, 1.807) is 0 Å². The zero-order valence-electron chi connectivity index (χ0n) is 17.9. The van der Waals surface area contributed by atoms with E-state index < -0.39 is 6.17 Å². The third-order valence-electron chi connectivity index (χ3n) is 6.13. The predicted molar refractivity (Wildman–Crippen MR) is 115 cm³/mol. The van der Waals surface area contributed by atoms with Gasteiger partial charge in [-0.05, 0) is 71.6 Å². The summed E-state index contributed by atoms with van der Waals surface area (Å²) in [5, 5.41) is 6.51. The molecule has 6 nitrogen and oxygen atoms in total. The number of aliphatic imine (C=N–C) groups is 1. The molecule has 0 radical (unpaired) electrons. The Kier molecular flexibility index (Phi) is 7.79. The first-order valence-electron chi connectivity index (χ1n) is 11.2. The summed E-state index contributed by atoms with van der Waals surface area (Å²) in [4.78, 5) is 17.5. The van der Waals surface area contributed by atoms with Gasteiger partial charge in [-0.25, -0.2) is 14.8 Å². The normalized spacial score (nSPS) is 36.7. The first-order valence-corrected chi connectivity index (χ1v) is 11.6. The van der Waals surface area contributed by atoms with E-state index in [0.29, 0.717) is 30.8 Å². The number of halogens is 2. The first-order chi connectivity index (χ1) is 13.7. The smallest absolute Gasteiger partial charge is 0.229 e. The van der Waals surface area contributed by atoms with Gasteiger partial charge < -0.3 is 5.32 Å². The molecule has 0 aromatic rings. The monoisotopic (exact) mass is 429 g/mol. The lowest BCUT2D eigenvalue weighted by molar-refractivity contribution is -0.125. The number of amides is 1. The van der Waals surface area contributed by atoms with Crippen molar-refractivity contribution >= 4 is 23.5 Å². The number of nitrogens with one attached hydrogen (secondary N) is 4. The molecule has 6 unspecified atom stereocenters. The van der Waals surface area contributed by atoms with Crippen LogP contribution < -0.4 is 21.5 Å². The van der Waals surface area contributed by atoms with Crippen LogP contribution in [0.15, 0.2) is 4.99 Å². The van der Waals surface area contributed by atoms with Gasteiger partial charge in [-0.15, -0.1) is 11.6 Å². The molecule has 3 aliphatic rings. The Morgan fingerprint density at radius 3 is 2.52 bits per heavy atom. The van der Waals surface area contributed by atoms with Crippen molar-refractivity contribution in [1.29, 1.82) is 0 Å². The molecule has 0 spiro atoms. The van der Waals surface area contributed by atoms with E-state index in [1.807, 2.05) is 20.8 Å². The molecule has 2 aliphatic carbocycles. The average molecular weight is 430 g/mol. The van der Waals surface area contributed by atoms with E-state index in [4.69, 9.17) is 16.6 Å². The summed E-state index contributed by atoms with van der Waals surface area (Å²) in [5.74, 6) is 0.595. The second-order valence-electron chi connectivity index (χ2n) is 9.97. The predicted octanol–water partition coefficient (Wildman–Crippen LogP) is 3.37. The molecule has 1 saturated heterocycles. The summed E-state index contributed by atoms with van der Waals surface area (Å²) < 4.78 is 13.7. The van der Waals surface area contributed by atoms with E-state index in [9.17, 15) is 9.18 Å². The fourth-order valence-electron chi connectivity index (χ4n) is 4.68. The van der Waals surface area contributed by atoms with Gasteiger partial charge in [-0.2, -0.15) is 0 Å². The SMILES string of the molecule is CC(C)(C)N/C(=N\C1CC(C2CCCC(Cl)C2)NN1)NC(=O)C1CCCC(F)C1. The summed E-state index contributed by atoms with van der Waals surface area (Å²) >= 11 is 6.36. The maximum absolute atomic E-state index is 13.7. The number of guanidine groups is 1. The van der Waals surface area contributed by atoms with E-state index in [2.05, 4.69) is 21.5 Å². The highest BCUT2D eigenvalue weighted by Crippen LogP contribution is 2.32. The Labute approximate surface area is 179 Å². The van der Waals surface area contributed by atoms with Crippen molar-refractivity contribution in [2.45, 2.75) is 108 Å². The maximum atomic E-state index is 13.7. The molecule has 3 fully saturated rings. The fourth-order valence-corrected chi connectivity index (χ4v) is 5.07. The molecule has 2 saturated carbocycles. The fraction of sp³-hybridized carbons (Fsp3) is 0.905. The van der Waals surface area contributed by atoms with E-state index in [1.165, 1.54) is 12.8 Å². The maximum Gasteiger partial charge on any atom is 0.229 e. The summed E-state index contributed by atoms with van der Waals surface area (Å²) in [5.41, 5.74) is 6.40. The molecule has 4 N–H and O–H groups in total. The number of hydrogen-bond donors (Lipinski definition) is 4. The Morgan fingerprint density at radius 1 is 1.07 bits per heavy atom. The van der Waals surface area contributed by atoms with Crippen molar-refractivity contribution in [3.05, 3.63) is 0 Å². The first kappa shape index (κ1) is 22.8. The van der Waals surface area contributed by atoms with E-state index in [-0.39, 0.29) is 28.9 Å². The van der Waals surface area contributed by atoms with Gasteiger partial charge in [-0.1, -0.05) is 6.42 Å². The molecular weight excluding hydrogens is 393 g/mol. The molecule has 166 valence electrons. The average Bonchev–Trinajstić information content (AvgIpc) is 3.09. The number of rotatable bonds is 3. The number of nitrogens with zero attached hydrogens (tertiary/aromatic N) is 1. The minimum atomic E-state index is -0.877. The zero-order chi connectivity index (χ0) is 21.0. The Bertz CT molecular complexity index is 596. The lowest BCUT2D eigenvalue weighted by Crippen LogP contribution is -2.52. The highest BCUT2D eigenvalue weighted by atomic mass is 35.5.